The van der Waals surface area contributed by atoms with Crippen molar-refractivity contribution in [3.63, 3.8) is 0 Å². The fraction of sp³-hybridized carbons (Fsp3) is 0.565. The average molecular weight is 810 g/mol. The minimum atomic E-state index is -2.44. The Morgan fingerprint density at radius 3 is 2.47 bits per heavy atom. The van der Waals surface area contributed by atoms with Gasteiger partial charge in [-0.1, -0.05) is 44.2 Å². The molecule has 13 nitrogen and oxygen atoms in total. The van der Waals surface area contributed by atoms with Gasteiger partial charge in [-0.15, -0.1) is 0 Å². The zero-order chi connectivity index (χ0) is 41.9. The maximum absolute atomic E-state index is 15.4. The number of hydrogen-bond donors (Lipinski definition) is 3. The van der Waals surface area contributed by atoms with E-state index in [0.717, 1.165) is 28.3 Å². The van der Waals surface area contributed by atoms with E-state index in [9.17, 15) is 24.6 Å². The van der Waals surface area contributed by atoms with E-state index in [4.69, 9.17) is 18.9 Å². The molecule has 0 radical (unpaired) electrons. The number of carbonyl (C=O) groups excluding carboxylic acids is 4. The molecule has 1 saturated carbocycles. The van der Waals surface area contributed by atoms with Gasteiger partial charge in [0.2, 0.25) is 0 Å². The average Bonchev–Trinajstić information content (AvgIpc) is 3.88. The third-order valence-corrected chi connectivity index (χ3v) is 15.5. The van der Waals surface area contributed by atoms with Crippen LogP contribution in [0.4, 0.5) is 0 Å². The number of aliphatic hydroxyl groups is 2. The third kappa shape index (κ3) is 5.17. The summed E-state index contributed by atoms with van der Waals surface area (Å²) in [6, 6.07) is 11.4. The molecule has 314 valence electrons. The van der Waals surface area contributed by atoms with Crippen LogP contribution in [-0.4, -0.2) is 120 Å². The SMILES string of the molecule is CC[C@]1(O)C[C@H]2CN(CCc3c([nH]c4ccccc34)[C@@]2(C(=O)OC)c2cc3c(cc2OC)C(C=O)C2[C@]34CCN3CC=C[C@@](CC)([C@@H](OC(C)=O)[C@]2(O)OC(C)=O)[C@H]34)C1. The summed E-state index contributed by atoms with van der Waals surface area (Å²) >= 11 is 0. The number of aromatic nitrogens is 1. The van der Waals surface area contributed by atoms with Crippen LogP contribution in [0, 0.1) is 17.3 Å². The number of methoxy groups -OCH3 is 2. The number of fused-ring (bicyclic) bond motifs is 6. The Bertz CT molecular complexity index is 2290. The van der Waals surface area contributed by atoms with Crippen LogP contribution in [0.25, 0.3) is 10.9 Å². The molecule has 2 bridgehead atoms. The summed E-state index contributed by atoms with van der Waals surface area (Å²) < 4.78 is 24.4. The monoisotopic (exact) mass is 809 g/mol. The van der Waals surface area contributed by atoms with E-state index in [1.807, 2.05) is 56.3 Å². The van der Waals surface area contributed by atoms with Crippen LogP contribution in [0.1, 0.15) is 87.2 Å². The molecule has 9 rings (SSSR count). The molecule has 2 aliphatic carbocycles. The number of piperidine rings is 1. The van der Waals surface area contributed by atoms with Crippen molar-refractivity contribution in [2.75, 3.05) is 46.9 Å². The quantitative estimate of drug-likeness (QED) is 0.0985. The normalized spacial score (nSPS) is 37.9. The molecule has 5 heterocycles. The number of nitrogens with zero attached hydrogens (tertiary/aromatic N) is 2. The van der Waals surface area contributed by atoms with Gasteiger partial charge in [-0.2, -0.15) is 0 Å². The lowest BCUT2D eigenvalue weighted by molar-refractivity contribution is -0.328. The van der Waals surface area contributed by atoms with Gasteiger partial charge in [0, 0.05) is 85.0 Å². The number of nitrogens with one attached hydrogen (secondary N) is 1. The molecule has 3 fully saturated rings. The van der Waals surface area contributed by atoms with E-state index in [1.54, 1.807) is 0 Å². The number of esters is 3. The maximum atomic E-state index is 15.4. The summed E-state index contributed by atoms with van der Waals surface area (Å²) in [5.41, 5.74) is -0.377. The summed E-state index contributed by atoms with van der Waals surface area (Å²) in [5.74, 6) is -6.66. The Kier molecular flexibility index (Phi) is 9.28. The van der Waals surface area contributed by atoms with Crippen molar-refractivity contribution in [3.8, 4) is 5.75 Å². The van der Waals surface area contributed by atoms with E-state index in [-0.39, 0.29) is 0 Å². The number of aromatic amines is 1. The van der Waals surface area contributed by atoms with Crippen LogP contribution < -0.4 is 4.74 Å². The molecule has 2 saturated heterocycles. The second kappa shape index (κ2) is 13.7. The Labute approximate surface area is 344 Å². The Morgan fingerprint density at radius 1 is 1.02 bits per heavy atom. The minimum Gasteiger partial charge on any atom is -0.496 e. The fourth-order valence-corrected chi connectivity index (χ4v) is 13.5. The number of aldehydes is 1. The van der Waals surface area contributed by atoms with Gasteiger partial charge in [-0.25, -0.2) is 0 Å². The molecule has 3 N–H and O–H groups in total. The summed E-state index contributed by atoms with van der Waals surface area (Å²) in [6.45, 7) is 9.21. The standard InChI is InChI=1S/C46H55N3O10/c1-7-42(54)22-28-23-48(25-42)18-14-30-29-12-9-10-13-35(29)47-38(30)45(28,41(53)57-6)34-21-33-31(20-36(34)56-5)32(24-50)37-44(33)16-19-49-17-11-15-43(8-2,39(44)49)40(58-26(3)51)46(37,55)59-27(4)52/h9-13,15,20-21,24,28,32,37,39-40,47,54-55H,7-8,14,16-19,22-23,25H2,1-6H3/t28-,32?,37?,39-,40+,42-,43+,44-,45-,46+/m0/s1. The highest BCUT2D eigenvalue weighted by Crippen LogP contribution is 2.71. The second-order valence-corrected chi connectivity index (χ2v) is 18.0. The molecular formula is C46H55N3O10. The molecule has 1 aromatic heterocycles. The summed E-state index contributed by atoms with van der Waals surface area (Å²) in [5, 5.41) is 26.5. The van der Waals surface area contributed by atoms with Gasteiger partial charge in [0.1, 0.15) is 17.5 Å². The summed E-state index contributed by atoms with van der Waals surface area (Å²) in [4.78, 5) is 63.6. The minimum absolute atomic E-state index is 0.297. The molecule has 13 heteroatoms. The first-order valence-electron chi connectivity index (χ1n) is 21.0. The van der Waals surface area contributed by atoms with Gasteiger partial charge in [-0.05, 0) is 73.5 Å². The van der Waals surface area contributed by atoms with Crippen molar-refractivity contribution in [1.82, 2.24) is 14.8 Å². The number of benzene rings is 2. The third-order valence-electron chi connectivity index (χ3n) is 15.5. The predicted molar refractivity (Wildman–Crippen MR) is 216 cm³/mol. The second-order valence-electron chi connectivity index (χ2n) is 18.0. The number of hydrogen-bond acceptors (Lipinski definition) is 12. The molecule has 3 unspecified atom stereocenters. The van der Waals surface area contributed by atoms with Crippen LogP contribution in [0.3, 0.4) is 0 Å². The van der Waals surface area contributed by atoms with Gasteiger partial charge in [0.05, 0.1) is 31.7 Å². The van der Waals surface area contributed by atoms with Gasteiger partial charge in [0.25, 0.3) is 5.79 Å². The number of para-hydroxylation sites is 1. The van der Waals surface area contributed by atoms with Gasteiger partial charge >= 0.3 is 17.9 Å². The van der Waals surface area contributed by atoms with Crippen LogP contribution in [0.15, 0.2) is 48.6 Å². The Morgan fingerprint density at radius 2 is 1.80 bits per heavy atom. The smallest absolute Gasteiger partial charge is 0.322 e. The highest BCUT2D eigenvalue weighted by molar-refractivity contribution is 5.94. The zero-order valence-corrected chi connectivity index (χ0v) is 34.7. The first-order valence-corrected chi connectivity index (χ1v) is 21.0. The van der Waals surface area contributed by atoms with Crippen molar-refractivity contribution >= 4 is 35.1 Å². The number of H-pyrrole nitrogens is 1. The first kappa shape index (κ1) is 39.9. The maximum Gasteiger partial charge on any atom is 0.322 e. The van der Waals surface area contributed by atoms with E-state index in [1.165, 1.54) is 28.1 Å². The van der Waals surface area contributed by atoms with Crippen LogP contribution in [-0.2, 0) is 50.6 Å². The van der Waals surface area contributed by atoms with Crippen molar-refractivity contribution in [2.24, 2.45) is 17.3 Å². The molecule has 59 heavy (non-hydrogen) atoms. The van der Waals surface area contributed by atoms with Crippen LogP contribution in [0.2, 0.25) is 0 Å². The summed E-state index contributed by atoms with van der Waals surface area (Å²) in [7, 11) is 2.93. The number of rotatable bonds is 8. The van der Waals surface area contributed by atoms with Crippen molar-refractivity contribution in [3.05, 3.63) is 76.5 Å². The first-order chi connectivity index (χ1) is 28.2. The van der Waals surface area contributed by atoms with Crippen molar-refractivity contribution in [2.45, 2.75) is 100 Å². The highest BCUT2D eigenvalue weighted by atomic mass is 16.7. The zero-order valence-electron chi connectivity index (χ0n) is 34.7. The summed E-state index contributed by atoms with van der Waals surface area (Å²) in [6.07, 6.45) is 5.72. The number of carbonyl (C=O) groups is 4. The van der Waals surface area contributed by atoms with E-state index < -0.39 is 75.4 Å². The lowest BCUT2D eigenvalue weighted by atomic mass is 9.48. The predicted octanol–water partition coefficient (Wildman–Crippen LogP) is 4.04. The lowest BCUT2D eigenvalue weighted by Crippen LogP contribution is -2.76. The Hall–Kier alpha value is -4.56. The lowest BCUT2D eigenvalue weighted by Gasteiger charge is -2.63. The molecule has 1 spiro atoms. The fourth-order valence-electron chi connectivity index (χ4n) is 13.5. The van der Waals surface area contributed by atoms with E-state index in [2.05, 4.69) is 20.9 Å². The molecule has 0 amide bonds. The van der Waals surface area contributed by atoms with Crippen LogP contribution in [0.5, 0.6) is 5.75 Å². The molecule has 2 aromatic carbocycles. The van der Waals surface area contributed by atoms with Gasteiger partial charge < -0.3 is 38.9 Å². The van der Waals surface area contributed by atoms with Crippen molar-refractivity contribution < 1.29 is 48.3 Å². The largest absolute Gasteiger partial charge is 0.496 e. The highest BCUT2D eigenvalue weighted by Gasteiger charge is 2.80. The molecule has 6 aliphatic rings. The topological polar surface area (TPSA) is 168 Å². The molecule has 4 aliphatic heterocycles. The molecular weight excluding hydrogens is 755 g/mol. The van der Waals surface area contributed by atoms with Crippen molar-refractivity contribution in [1.29, 1.82) is 0 Å². The van der Waals surface area contributed by atoms with E-state index in [0.29, 0.717) is 87.4 Å². The Balaban J connectivity index is 1.40. The van der Waals surface area contributed by atoms with Gasteiger partial charge in [-0.3, -0.25) is 24.2 Å². The number of ether oxygens (including phenoxy) is 4. The molecule has 11 atom stereocenters. The molecule has 3 aromatic rings. The van der Waals surface area contributed by atoms with Gasteiger partial charge in [0.15, 0.2) is 6.10 Å². The van der Waals surface area contributed by atoms with Crippen LogP contribution >= 0.6 is 0 Å². The van der Waals surface area contributed by atoms with E-state index >= 15 is 4.79 Å².